The van der Waals surface area contributed by atoms with Crippen LogP contribution in [-0.4, -0.2) is 40.7 Å². The number of aliphatic hydroxyl groups is 1. The van der Waals surface area contributed by atoms with Gasteiger partial charge in [-0.1, -0.05) is 6.07 Å². The van der Waals surface area contributed by atoms with Crippen LogP contribution in [-0.2, 0) is 9.45 Å². The van der Waals surface area contributed by atoms with Crippen molar-refractivity contribution in [3.05, 3.63) is 18.2 Å². The van der Waals surface area contributed by atoms with Gasteiger partial charge in [0.2, 0.25) is 5.91 Å². The number of anilines is 1. The van der Waals surface area contributed by atoms with E-state index in [0.29, 0.717) is 0 Å². The average molecular weight is 363 g/mol. The Morgan fingerprint density at radius 1 is 1.20 bits per heavy atom. The summed E-state index contributed by atoms with van der Waals surface area (Å²) in [5.74, 6) is -1.12. The fraction of sp³-hybridized carbons (Fsp3) is 0.533. The van der Waals surface area contributed by atoms with Crippen LogP contribution in [0.5, 0.6) is 5.75 Å². The summed E-state index contributed by atoms with van der Waals surface area (Å²) in [6.45, 7) is 7.20. The van der Waals surface area contributed by atoms with Crippen molar-refractivity contribution in [3.63, 3.8) is 0 Å². The summed E-state index contributed by atoms with van der Waals surface area (Å²) in [5.41, 5.74) is -2.60. The first-order chi connectivity index (χ1) is 11.1. The molecule has 0 aliphatic heterocycles. The van der Waals surface area contributed by atoms with Crippen molar-refractivity contribution >= 4 is 24.2 Å². The molecule has 3 N–H and O–H groups in total. The second-order valence-electron chi connectivity index (χ2n) is 6.52. The van der Waals surface area contributed by atoms with Crippen LogP contribution >= 0.6 is 0 Å². The van der Waals surface area contributed by atoms with Gasteiger partial charge in [-0.2, -0.15) is 0 Å². The van der Waals surface area contributed by atoms with E-state index < -0.39 is 36.3 Å². The van der Waals surface area contributed by atoms with E-state index in [0.717, 1.165) is 25.1 Å². The van der Waals surface area contributed by atoms with Crippen LogP contribution in [0.4, 0.5) is 18.9 Å². The fourth-order valence-electron chi connectivity index (χ4n) is 1.73. The molecule has 10 heteroatoms. The van der Waals surface area contributed by atoms with Gasteiger partial charge >= 0.3 is 13.5 Å². The van der Waals surface area contributed by atoms with Crippen molar-refractivity contribution < 1.29 is 37.5 Å². The van der Waals surface area contributed by atoms with Crippen LogP contribution in [0.3, 0.4) is 0 Å². The molecule has 1 aromatic carbocycles. The largest absolute Gasteiger partial charge is 0.573 e. The Morgan fingerprint density at radius 2 is 1.76 bits per heavy atom. The second kappa shape index (κ2) is 7.23. The van der Waals surface area contributed by atoms with Crippen LogP contribution in [0.25, 0.3) is 0 Å². The number of alkyl halides is 3. The molecule has 0 radical (unpaired) electrons. The molecular weight excluding hydrogens is 342 g/mol. The third kappa shape index (κ3) is 6.22. The number of carbonyl (C=O) groups excluding carboxylic acids is 1. The summed E-state index contributed by atoms with van der Waals surface area (Å²) >= 11 is 0. The maximum atomic E-state index is 12.3. The third-order valence-corrected chi connectivity index (χ3v) is 3.71. The normalized spacial score (nSPS) is 12.7. The molecule has 140 valence electrons. The highest BCUT2D eigenvalue weighted by Gasteiger charge is 2.40. The van der Waals surface area contributed by atoms with E-state index in [9.17, 15) is 28.1 Å². The predicted octanol–water partition coefficient (Wildman–Crippen LogP) is 1.80. The summed E-state index contributed by atoms with van der Waals surface area (Å²) < 4.78 is 46.3. The molecule has 0 aromatic heterocycles. The summed E-state index contributed by atoms with van der Waals surface area (Å²) in [6.07, 6.45) is -4.90. The van der Waals surface area contributed by atoms with E-state index in [2.05, 4.69) is 10.1 Å². The lowest BCUT2D eigenvalue weighted by Gasteiger charge is -2.38. The highest BCUT2D eigenvalue weighted by atomic mass is 19.4. The smallest absolute Gasteiger partial charge is 0.423 e. The molecular formula is C15H21BF3NO5. The number of ether oxygens (including phenoxy) is 1. The van der Waals surface area contributed by atoms with Crippen molar-refractivity contribution in [2.75, 3.05) is 5.32 Å². The SMILES string of the molecule is CC(=O)Nc1cc(OC(F)(F)F)ccc1B(O)OC(C)(C)C(C)(C)O. The Hall–Kier alpha value is -1.78. The Labute approximate surface area is 144 Å². The Balaban J connectivity index is 3.18. The standard InChI is InChI=1S/C15H21BF3NO5/c1-9(21)20-12-8-10(24-15(17,18)19)6-7-11(12)16(23)25-14(4,5)13(2,3)22/h6-8,22-23H,1-5H3,(H,20,21). The first kappa shape index (κ1) is 21.3. The molecule has 6 nitrogen and oxygen atoms in total. The van der Waals surface area contributed by atoms with Crippen molar-refractivity contribution in [2.45, 2.75) is 52.2 Å². The van der Waals surface area contributed by atoms with Gasteiger partial charge in [-0.05, 0) is 33.8 Å². The minimum absolute atomic E-state index is 0.0158. The van der Waals surface area contributed by atoms with Gasteiger partial charge in [0.25, 0.3) is 0 Å². The van der Waals surface area contributed by atoms with Gasteiger partial charge in [0, 0.05) is 24.1 Å². The Kier molecular flexibility index (Phi) is 6.15. The van der Waals surface area contributed by atoms with E-state index in [4.69, 9.17) is 4.65 Å². The van der Waals surface area contributed by atoms with Crippen molar-refractivity contribution in [1.82, 2.24) is 0 Å². The van der Waals surface area contributed by atoms with Crippen LogP contribution < -0.4 is 15.5 Å². The van der Waals surface area contributed by atoms with Gasteiger partial charge in [-0.25, -0.2) is 0 Å². The molecule has 1 rings (SSSR count). The second-order valence-corrected chi connectivity index (χ2v) is 6.52. The van der Waals surface area contributed by atoms with Crippen molar-refractivity contribution in [2.24, 2.45) is 0 Å². The number of benzene rings is 1. The molecule has 1 amide bonds. The summed E-state index contributed by atoms with van der Waals surface area (Å²) in [7, 11) is -1.61. The number of amides is 1. The van der Waals surface area contributed by atoms with Crippen LogP contribution in [0.2, 0.25) is 0 Å². The predicted molar refractivity (Wildman–Crippen MR) is 86.5 cm³/mol. The molecule has 0 aliphatic rings. The van der Waals surface area contributed by atoms with Gasteiger partial charge in [0.05, 0.1) is 11.2 Å². The zero-order chi connectivity index (χ0) is 19.6. The molecule has 0 bridgehead atoms. The lowest BCUT2D eigenvalue weighted by molar-refractivity contribution is -0.274. The minimum atomic E-state index is -4.90. The van der Waals surface area contributed by atoms with Gasteiger partial charge in [-0.15, -0.1) is 13.2 Å². The number of halogens is 3. The number of rotatable bonds is 6. The molecule has 0 aliphatic carbocycles. The molecule has 0 fully saturated rings. The maximum absolute atomic E-state index is 12.3. The zero-order valence-corrected chi connectivity index (χ0v) is 14.6. The van der Waals surface area contributed by atoms with E-state index in [-0.39, 0.29) is 11.2 Å². The highest BCUT2D eigenvalue weighted by Crippen LogP contribution is 2.27. The molecule has 0 saturated carbocycles. The number of nitrogens with one attached hydrogen (secondary N) is 1. The van der Waals surface area contributed by atoms with Crippen LogP contribution in [0, 0.1) is 0 Å². The van der Waals surface area contributed by atoms with E-state index in [1.165, 1.54) is 27.7 Å². The monoisotopic (exact) mass is 363 g/mol. The van der Waals surface area contributed by atoms with E-state index in [1.54, 1.807) is 0 Å². The Morgan fingerprint density at radius 3 is 2.20 bits per heavy atom. The lowest BCUT2D eigenvalue weighted by Crippen LogP contribution is -2.53. The van der Waals surface area contributed by atoms with E-state index in [1.807, 2.05) is 0 Å². The topological polar surface area (TPSA) is 88.0 Å². The van der Waals surface area contributed by atoms with Gasteiger partial charge < -0.3 is 24.8 Å². The average Bonchev–Trinajstić information content (AvgIpc) is 2.33. The number of carbonyl (C=O) groups is 1. The molecule has 0 saturated heterocycles. The summed E-state index contributed by atoms with van der Waals surface area (Å²) in [6, 6.07) is 3.04. The van der Waals surface area contributed by atoms with Crippen LogP contribution in [0.1, 0.15) is 34.6 Å². The minimum Gasteiger partial charge on any atom is -0.423 e. The van der Waals surface area contributed by atoms with Crippen molar-refractivity contribution in [1.29, 1.82) is 0 Å². The third-order valence-electron chi connectivity index (χ3n) is 3.71. The van der Waals surface area contributed by atoms with Gasteiger partial charge in [-0.3, -0.25) is 4.79 Å². The Bertz CT molecular complexity index is 629. The molecule has 0 heterocycles. The molecule has 0 spiro atoms. The molecule has 25 heavy (non-hydrogen) atoms. The lowest BCUT2D eigenvalue weighted by atomic mass is 9.75. The highest BCUT2D eigenvalue weighted by molar-refractivity contribution is 6.62. The van der Waals surface area contributed by atoms with Crippen LogP contribution in [0.15, 0.2) is 18.2 Å². The zero-order valence-electron chi connectivity index (χ0n) is 14.6. The molecule has 0 atom stereocenters. The maximum Gasteiger partial charge on any atom is 0.573 e. The van der Waals surface area contributed by atoms with Gasteiger partial charge in [0.15, 0.2) is 0 Å². The molecule has 1 aromatic rings. The summed E-state index contributed by atoms with van der Waals surface area (Å²) in [4.78, 5) is 11.3. The van der Waals surface area contributed by atoms with Gasteiger partial charge in [0.1, 0.15) is 5.75 Å². The first-order valence-corrected chi connectivity index (χ1v) is 7.38. The van der Waals surface area contributed by atoms with Crippen molar-refractivity contribution in [3.8, 4) is 5.75 Å². The fourth-order valence-corrected chi connectivity index (χ4v) is 1.73. The molecule has 0 unspecified atom stereocenters. The number of hydrogen-bond donors (Lipinski definition) is 3. The van der Waals surface area contributed by atoms with E-state index >= 15 is 0 Å². The quantitative estimate of drug-likeness (QED) is 0.671. The summed E-state index contributed by atoms with van der Waals surface area (Å²) in [5, 5.41) is 22.7. The number of hydrogen-bond acceptors (Lipinski definition) is 5. The first-order valence-electron chi connectivity index (χ1n) is 7.38.